The van der Waals surface area contributed by atoms with Gasteiger partial charge in [0, 0.05) is 6.54 Å². The minimum Gasteiger partial charge on any atom is -0.350 e. The van der Waals surface area contributed by atoms with Gasteiger partial charge in [-0.15, -0.1) is 0 Å². The number of amides is 1. The van der Waals surface area contributed by atoms with Gasteiger partial charge in [-0.3, -0.25) is 4.79 Å². The molecule has 16 heavy (non-hydrogen) atoms. The van der Waals surface area contributed by atoms with Crippen molar-refractivity contribution in [3.63, 3.8) is 0 Å². The molecule has 1 saturated carbocycles. The Balaban J connectivity index is 1.92. The van der Waals surface area contributed by atoms with Crippen molar-refractivity contribution in [3.8, 4) is 0 Å². The third kappa shape index (κ3) is 2.46. The zero-order chi connectivity index (χ0) is 11.6. The molecule has 1 heterocycles. The van der Waals surface area contributed by atoms with E-state index in [2.05, 4.69) is 27.6 Å². The zero-order valence-electron chi connectivity index (χ0n) is 9.16. The van der Waals surface area contributed by atoms with E-state index in [1.165, 1.54) is 25.2 Å². The van der Waals surface area contributed by atoms with Gasteiger partial charge in [-0.1, -0.05) is 6.92 Å². The first kappa shape index (κ1) is 10.8. The summed E-state index contributed by atoms with van der Waals surface area (Å²) in [6, 6.07) is 0. The number of rotatable bonds is 4. The lowest BCUT2D eigenvalue weighted by Crippen LogP contribution is -2.29. The first-order chi connectivity index (χ1) is 7.63. The molecule has 1 aromatic rings. The van der Waals surface area contributed by atoms with Crippen molar-refractivity contribution in [1.82, 2.24) is 15.3 Å². The maximum atomic E-state index is 11.7. The molecule has 1 amide bonds. The highest BCUT2D eigenvalue weighted by Crippen LogP contribution is 2.44. The van der Waals surface area contributed by atoms with Crippen LogP contribution in [0, 0.1) is 5.41 Å². The van der Waals surface area contributed by atoms with Crippen molar-refractivity contribution in [2.75, 3.05) is 12.0 Å². The van der Waals surface area contributed by atoms with E-state index in [1.54, 1.807) is 0 Å². The Kier molecular flexibility index (Phi) is 2.74. The number of nitrogens with zero attached hydrogens (tertiary/aromatic N) is 2. The Morgan fingerprint density at radius 3 is 2.75 bits per heavy atom. The van der Waals surface area contributed by atoms with Crippen molar-refractivity contribution in [3.05, 3.63) is 18.1 Å². The van der Waals surface area contributed by atoms with Crippen molar-refractivity contribution >= 4 is 11.7 Å². The lowest BCUT2D eigenvalue weighted by molar-refractivity contribution is 0.0941. The topological polar surface area (TPSA) is 92.9 Å². The number of carbonyl (C=O) groups is 1. The molecule has 6 nitrogen and oxygen atoms in total. The largest absolute Gasteiger partial charge is 0.350 e. The van der Waals surface area contributed by atoms with Gasteiger partial charge >= 0.3 is 0 Å². The van der Waals surface area contributed by atoms with Gasteiger partial charge in [0.25, 0.3) is 5.91 Å². The van der Waals surface area contributed by atoms with Crippen LogP contribution in [0.15, 0.2) is 12.4 Å². The molecule has 6 heteroatoms. The van der Waals surface area contributed by atoms with Crippen LogP contribution in [0.3, 0.4) is 0 Å². The summed E-state index contributed by atoms with van der Waals surface area (Å²) in [4.78, 5) is 19.5. The number of aromatic nitrogens is 2. The molecule has 0 aromatic carbocycles. The van der Waals surface area contributed by atoms with Crippen LogP contribution in [0.1, 0.15) is 30.3 Å². The van der Waals surface area contributed by atoms with E-state index in [1.807, 2.05) is 0 Å². The van der Waals surface area contributed by atoms with E-state index in [4.69, 9.17) is 5.84 Å². The molecule has 0 atom stereocenters. The predicted octanol–water partition coefficient (Wildman–Crippen LogP) is 0.292. The molecule has 1 aliphatic rings. The van der Waals surface area contributed by atoms with Gasteiger partial charge in [-0.05, 0) is 18.3 Å². The summed E-state index contributed by atoms with van der Waals surface area (Å²) in [5.74, 6) is 5.39. The van der Waals surface area contributed by atoms with Gasteiger partial charge in [0.2, 0.25) is 0 Å². The third-order valence-electron chi connectivity index (χ3n) is 2.81. The standard InChI is InChI=1S/C10H15N5O/c1-10(2-3-10)6-14-9(16)7-4-13-8(15-11)5-12-7/h4-5H,2-3,6,11H2,1H3,(H,13,15)(H,14,16). The zero-order valence-corrected chi connectivity index (χ0v) is 9.16. The summed E-state index contributed by atoms with van der Waals surface area (Å²) >= 11 is 0. The minimum atomic E-state index is -0.191. The van der Waals surface area contributed by atoms with Gasteiger partial charge in [0.15, 0.2) is 5.82 Å². The maximum Gasteiger partial charge on any atom is 0.271 e. The third-order valence-corrected chi connectivity index (χ3v) is 2.81. The molecule has 0 aliphatic heterocycles. The highest BCUT2D eigenvalue weighted by molar-refractivity contribution is 5.92. The smallest absolute Gasteiger partial charge is 0.271 e. The SMILES string of the molecule is CC1(CNC(=O)c2cnc(NN)cn2)CC1. The number of nitrogen functional groups attached to an aromatic ring is 1. The number of hydrogen-bond acceptors (Lipinski definition) is 5. The van der Waals surface area contributed by atoms with Crippen LogP contribution >= 0.6 is 0 Å². The van der Waals surface area contributed by atoms with Gasteiger partial charge in [-0.25, -0.2) is 15.8 Å². The lowest BCUT2D eigenvalue weighted by atomic mass is 10.1. The average molecular weight is 221 g/mol. The molecule has 1 aromatic heterocycles. The summed E-state index contributed by atoms with van der Waals surface area (Å²) in [6.07, 6.45) is 5.18. The fraction of sp³-hybridized carbons (Fsp3) is 0.500. The lowest BCUT2D eigenvalue weighted by Gasteiger charge is -2.09. The number of hydrogen-bond donors (Lipinski definition) is 3. The number of carbonyl (C=O) groups excluding carboxylic acids is 1. The van der Waals surface area contributed by atoms with Crippen molar-refractivity contribution in [2.45, 2.75) is 19.8 Å². The highest BCUT2D eigenvalue weighted by atomic mass is 16.1. The Labute approximate surface area is 93.6 Å². The van der Waals surface area contributed by atoms with Gasteiger partial charge in [-0.2, -0.15) is 0 Å². The van der Waals surface area contributed by atoms with Gasteiger partial charge in [0.1, 0.15) is 5.69 Å². The minimum absolute atomic E-state index is 0.191. The summed E-state index contributed by atoms with van der Waals surface area (Å²) < 4.78 is 0. The number of nitrogens with two attached hydrogens (primary N) is 1. The van der Waals surface area contributed by atoms with E-state index < -0.39 is 0 Å². The number of anilines is 1. The van der Waals surface area contributed by atoms with Crippen LogP contribution < -0.4 is 16.6 Å². The van der Waals surface area contributed by atoms with Crippen LogP contribution in [0.4, 0.5) is 5.82 Å². The summed E-state index contributed by atoms with van der Waals surface area (Å²) in [5.41, 5.74) is 2.96. The van der Waals surface area contributed by atoms with Crippen LogP contribution in [0.2, 0.25) is 0 Å². The fourth-order valence-corrected chi connectivity index (χ4v) is 1.29. The first-order valence-electron chi connectivity index (χ1n) is 5.20. The molecule has 0 bridgehead atoms. The van der Waals surface area contributed by atoms with Crippen molar-refractivity contribution in [2.24, 2.45) is 11.3 Å². The monoisotopic (exact) mass is 221 g/mol. The second kappa shape index (κ2) is 4.05. The van der Waals surface area contributed by atoms with Gasteiger partial charge < -0.3 is 10.7 Å². The molecule has 1 aliphatic carbocycles. The molecular weight excluding hydrogens is 206 g/mol. The quantitative estimate of drug-likeness (QED) is 0.502. The van der Waals surface area contributed by atoms with Crippen LogP contribution in [-0.4, -0.2) is 22.4 Å². The Morgan fingerprint density at radius 2 is 2.25 bits per heavy atom. The highest BCUT2D eigenvalue weighted by Gasteiger charge is 2.37. The molecule has 2 rings (SSSR count). The van der Waals surface area contributed by atoms with E-state index >= 15 is 0 Å². The van der Waals surface area contributed by atoms with Crippen molar-refractivity contribution < 1.29 is 4.79 Å². The van der Waals surface area contributed by atoms with Crippen LogP contribution in [0.5, 0.6) is 0 Å². The molecule has 0 unspecified atom stereocenters. The molecule has 0 spiro atoms. The van der Waals surface area contributed by atoms with Crippen molar-refractivity contribution in [1.29, 1.82) is 0 Å². The average Bonchev–Trinajstić information content (AvgIpc) is 3.05. The molecule has 0 saturated heterocycles. The number of nitrogens with one attached hydrogen (secondary N) is 2. The number of hydrazine groups is 1. The predicted molar refractivity (Wildman–Crippen MR) is 59.5 cm³/mol. The Morgan fingerprint density at radius 1 is 1.50 bits per heavy atom. The molecule has 86 valence electrons. The molecule has 0 radical (unpaired) electrons. The molecule has 1 fully saturated rings. The van der Waals surface area contributed by atoms with E-state index in [0.717, 1.165) is 0 Å². The molecule has 4 N–H and O–H groups in total. The first-order valence-corrected chi connectivity index (χ1v) is 5.20. The fourth-order valence-electron chi connectivity index (χ4n) is 1.29. The van der Waals surface area contributed by atoms with E-state index in [-0.39, 0.29) is 5.91 Å². The van der Waals surface area contributed by atoms with E-state index in [0.29, 0.717) is 23.5 Å². The molecular formula is C10H15N5O. The van der Waals surface area contributed by atoms with E-state index in [9.17, 15) is 4.79 Å². The summed E-state index contributed by atoms with van der Waals surface area (Å²) in [6.45, 7) is 2.85. The second-order valence-corrected chi connectivity index (χ2v) is 4.42. The Hall–Kier alpha value is -1.69. The summed E-state index contributed by atoms with van der Waals surface area (Å²) in [5, 5.41) is 2.85. The second-order valence-electron chi connectivity index (χ2n) is 4.42. The maximum absolute atomic E-state index is 11.7. The normalized spacial score (nSPS) is 16.6. The van der Waals surface area contributed by atoms with Crippen LogP contribution in [-0.2, 0) is 0 Å². The summed E-state index contributed by atoms with van der Waals surface area (Å²) in [7, 11) is 0. The van der Waals surface area contributed by atoms with Gasteiger partial charge in [0.05, 0.1) is 12.4 Å². The van der Waals surface area contributed by atoms with Crippen LogP contribution in [0.25, 0.3) is 0 Å². The Bertz CT molecular complexity index is 385.